The van der Waals surface area contributed by atoms with Crippen LogP contribution in [0.1, 0.15) is 40.2 Å². The highest BCUT2D eigenvalue weighted by molar-refractivity contribution is 5.67. The molecule has 0 saturated carbocycles. The van der Waals surface area contributed by atoms with Crippen LogP contribution in [-0.2, 0) is 6.42 Å². The summed E-state index contributed by atoms with van der Waals surface area (Å²) in [7, 11) is 0. The SMILES string of the molecule is CC(C)(C)N(C(=O)O)C(C)(C)Cc1ccc(O)cc1. The average Bonchev–Trinajstić information content (AvgIpc) is 2.17. The lowest BCUT2D eigenvalue weighted by Crippen LogP contribution is -2.57. The van der Waals surface area contributed by atoms with Crippen molar-refractivity contribution in [1.29, 1.82) is 0 Å². The minimum atomic E-state index is -0.920. The predicted octanol–water partition coefficient (Wildman–Crippen LogP) is 3.49. The summed E-state index contributed by atoms with van der Waals surface area (Å²) < 4.78 is 0. The first-order valence-corrected chi connectivity index (χ1v) is 6.35. The fourth-order valence-corrected chi connectivity index (χ4v) is 2.65. The average molecular weight is 265 g/mol. The van der Waals surface area contributed by atoms with Crippen molar-refractivity contribution < 1.29 is 15.0 Å². The number of phenolic OH excluding ortho intramolecular Hbond substituents is 1. The van der Waals surface area contributed by atoms with E-state index < -0.39 is 17.2 Å². The number of benzene rings is 1. The number of hydrogen-bond acceptors (Lipinski definition) is 2. The van der Waals surface area contributed by atoms with Gasteiger partial charge in [-0.2, -0.15) is 0 Å². The van der Waals surface area contributed by atoms with Gasteiger partial charge in [0.1, 0.15) is 5.75 Å². The van der Waals surface area contributed by atoms with Crippen LogP contribution in [0, 0.1) is 0 Å². The molecule has 0 aliphatic carbocycles. The molecule has 0 spiro atoms. The van der Waals surface area contributed by atoms with E-state index in [4.69, 9.17) is 0 Å². The molecule has 0 unspecified atom stereocenters. The van der Waals surface area contributed by atoms with Gasteiger partial charge >= 0.3 is 6.09 Å². The molecule has 0 fully saturated rings. The van der Waals surface area contributed by atoms with Gasteiger partial charge in [0.2, 0.25) is 0 Å². The van der Waals surface area contributed by atoms with Crippen molar-refractivity contribution in [2.45, 2.75) is 52.1 Å². The Bertz CT molecular complexity index is 443. The highest BCUT2D eigenvalue weighted by atomic mass is 16.4. The van der Waals surface area contributed by atoms with Crippen molar-refractivity contribution in [3.63, 3.8) is 0 Å². The molecule has 0 saturated heterocycles. The normalized spacial score (nSPS) is 12.3. The van der Waals surface area contributed by atoms with Crippen LogP contribution >= 0.6 is 0 Å². The zero-order chi connectivity index (χ0) is 14.8. The summed E-state index contributed by atoms with van der Waals surface area (Å²) in [6.07, 6.45) is -0.326. The minimum absolute atomic E-state index is 0.215. The summed E-state index contributed by atoms with van der Waals surface area (Å²) in [5.74, 6) is 0.215. The van der Waals surface area contributed by atoms with Crippen LogP contribution in [0.2, 0.25) is 0 Å². The van der Waals surface area contributed by atoms with Crippen LogP contribution in [-0.4, -0.2) is 32.3 Å². The molecule has 0 atom stereocenters. The number of carbonyl (C=O) groups is 1. The Labute approximate surface area is 114 Å². The topological polar surface area (TPSA) is 60.8 Å². The monoisotopic (exact) mass is 265 g/mol. The van der Waals surface area contributed by atoms with Crippen LogP contribution < -0.4 is 0 Å². The highest BCUT2D eigenvalue weighted by Crippen LogP contribution is 2.28. The second-order valence-corrected chi connectivity index (χ2v) is 6.44. The van der Waals surface area contributed by atoms with E-state index in [0.29, 0.717) is 6.42 Å². The number of nitrogens with zero attached hydrogens (tertiary/aromatic N) is 1. The fraction of sp³-hybridized carbons (Fsp3) is 0.533. The van der Waals surface area contributed by atoms with Gasteiger partial charge in [0.05, 0.1) is 0 Å². The summed E-state index contributed by atoms with van der Waals surface area (Å²) >= 11 is 0. The number of amides is 1. The molecule has 0 heterocycles. The van der Waals surface area contributed by atoms with Crippen LogP contribution in [0.25, 0.3) is 0 Å². The first-order valence-electron chi connectivity index (χ1n) is 6.35. The Morgan fingerprint density at radius 1 is 1.11 bits per heavy atom. The molecule has 1 rings (SSSR count). The molecule has 19 heavy (non-hydrogen) atoms. The second-order valence-electron chi connectivity index (χ2n) is 6.44. The first-order chi connectivity index (χ1) is 8.54. The van der Waals surface area contributed by atoms with Crippen LogP contribution in [0.3, 0.4) is 0 Å². The fourth-order valence-electron chi connectivity index (χ4n) is 2.65. The zero-order valence-electron chi connectivity index (χ0n) is 12.3. The van der Waals surface area contributed by atoms with E-state index in [0.717, 1.165) is 5.56 Å². The van der Waals surface area contributed by atoms with Crippen molar-refractivity contribution in [2.24, 2.45) is 0 Å². The van der Waals surface area contributed by atoms with Gasteiger partial charge in [0, 0.05) is 11.1 Å². The summed E-state index contributed by atoms with van der Waals surface area (Å²) in [4.78, 5) is 13.0. The molecule has 1 amide bonds. The van der Waals surface area contributed by atoms with Crippen LogP contribution in [0.15, 0.2) is 24.3 Å². The number of phenols is 1. The quantitative estimate of drug-likeness (QED) is 0.879. The summed E-state index contributed by atoms with van der Waals surface area (Å²) in [6, 6.07) is 6.88. The lowest BCUT2D eigenvalue weighted by atomic mass is 9.89. The van der Waals surface area contributed by atoms with E-state index in [2.05, 4.69) is 0 Å². The molecule has 106 valence electrons. The number of aromatic hydroxyl groups is 1. The Morgan fingerprint density at radius 3 is 1.95 bits per heavy atom. The molecule has 1 aromatic carbocycles. The van der Waals surface area contributed by atoms with Crippen molar-refractivity contribution >= 4 is 6.09 Å². The smallest absolute Gasteiger partial charge is 0.408 e. The maximum Gasteiger partial charge on any atom is 0.408 e. The minimum Gasteiger partial charge on any atom is -0.508 e. The second kappa shape index (κ2) is 5.11. The summed E-state index contributed by atoms with van der Waals surface area (Å²) in [5, 5.41) is 18.7. The van der Waals surface area contributed by atoms with Gasteiger partial charge in [0.15, 0.2) is 0 Å². The van der Waals surface area contributed by atoms with Gasteiger partial charge in [-0.1, -0.05) is 12.1 Å². The van der Waals surface area contributed by atoms with Crippen LogP contribution in [0.5, 0.6) is 5.75 Å². The molecule has 0 aliphatic heterocycles. The van der Waals surface area contributed by atoms with Crippen molar-refractivity contribution in [2.75, 3.05) is 0 Å². The Morgan fingerprint density at radius 2 is 1.58 bits per heavy atom. The van der Waals surface area contributed by atoms with Gasteiger partial charge in [-0.15, -0.1) is 0 Å². The molecule has 0 radical (unpaired) electrons. The molecule has 2 N–H and O–H groups in total. The molecular weight excluding hydrogens is 242 g/mol. The Balaban J connectivity index is 3.01. The molecule has 1 aromatic rings. The molecule has 0 bridgehead atoms. The molecule has 0 aromatic heterocycles. The predicted molar refractivity (Wildman–Crippen MR) is 75.5 cm³/mol. The number of hydrogen-bond donors (Lipinski definition) is 2. The van der Waals surface area contributed by atoms with Gasteiger partial charge < -0.3 is 10.2 Å². The highest BCUT2D eigenvalue weighted by Gasteiger charge is 2.38. The molecule has 4 nitrogen and oxygen atoms in total. The molecule has 4 heteroatoms. The zero-order valence-corrected chi connectivity index (χ0v) is 12.3. The summed E-state index contributed by atoms with van der Waals surface area (Å²) in [6.45, 7) is 9.50. The Hall–Kier alpha value is -1.71. The van der Waals surface area contributed by atoms with E-state index in [1.165, 1.54) is 4.90 Å². The largest absolute Gasteiger partial charge is 0.508 e. The van der Waals surface area contributed by atoms with Gasteiger partial charge in [-0.3, -0.25) is 4.90 Å². The van der Waals surface area contributed by atoms with Crippen molar-refractivity contribution in [1.82, 2.24) is 4.90 Å². The summed E-state index contributed by atoms with van der Waals surface area (Å²) in [5.41, 5.74) is 0.00568. The third-order valence-electron chi connectivity index (χ3n) is 3.04. The van der Waals surface area contributed by atoms with E-state index in [1.54, 1.807) is 12.1 Å². The maximum absolute atomic E-state index is 11.5. The van der Waals surface area contributed by atoms with Crippen molar-refractivity contribution in [3.05, 3.63) is 29.8 Å². The van der Waals surface area contributed by atoms with Crippen LogP contribution in [0.4, 0.5) is 4.79 Å². The molecule has 0 aliphatic rings. The lowest BCUT2D eigenvalue weighted by Gasteiger charge is -2.45. The van der Waals surface area contributed by atoms with E-state index in [1.807, 2.05) is 46.8 Å². The lowest BCUT2D eigenvalue weighted by molar-refractivity contribution is 0.0334. The standard InChI is InChI=1S/C15H23NO3/c1-14(2,3)16(13(18)19)15(4,5)10-11-6-8-12(17)9-7-11/h6-9,17H,10H2,1-5H3,(H,18,19). The van der Waals surface area contributed by atoms with Gasteiger partial charge in [0.25, 0.3) is 0 Å². The third-order valence-corrected chi connectivity index (χ3v) is 3.04. The Kier molecular flexibility index (Phi) is 4.13. The van der Waals surface area contributed by atoms with Gasteiger partial charge in [-0.05, 0) is 58.7 Å². The number of carboxylic acid groups (broad SMARTS) is 1. The van der Waals surface area contributed by atoms with E-state index in [9.17, 15) is 15.0 Å². The molecular formula is C15H23NO3. The third kappa shape index (κ3) is 3.88. The van der Waals surface area contributed by atoms with E-state index in [-0.39, 0.29) is 5.75 Å². The van der Waals surface area contributed by atoms with Crippen molar-refractivity contribution in [3.8, 4) is 5.75 Å². The first kappa shape index (κ1) is 15.3. The van der Waals surface area contributed by atoms with E-state index >= 15 is 0 Å². The number of rotatable bonds is 3. The van der Waals surface area contributed by atoms with Gasteiger partial charge in [-0.25, -0.2) is 4.79 Å². The maximum atomic E-state index is 11.5.